The second-order valence-corrected chi connectivity index (χ2v) is 9.71. The Labute approximate surface area is 194 Å². The van der Waals surface area contributed by atoms with E-state index in [1.807, 2.05) is 55.5 Å². The molecule has 0 bridgehead atoms. The van der Waals surface area contributed by atoms with E-state index in [1.165, 1.54) is 0 Å². The molecular formula is C27H28ClNO3. The summed E-state index contributed by atoms with van der Waals surface area (Å²) in [5, 5.41) is 3.92. The van der Waals surface area contributed by atoms with Crippen LogP contribution in [0.5, 0.6) is 0 Å². The van der Waals surface area contributed by atoms with Crippen molar-refractivity contribution in [3.63, 3.8) is 0 Å². The molecule has 0 fully saturated rings. The fourth-order valence-electron chi connectivity index (χ4n) is 4.78. The molecule has 1 N–H and O–H groups in total. The normalized spacial score (nSPS) is 22.0. The maximum atomic E-state index is 13.3. The molecule has 166 valence electrons. The SMILES string of the molecule is CC1=C(C(=O)OCCc2ccccc2)C(c2cccc(Cl)c2)C2C(=O)CC(C)(C)C=C2N1. The average molecular weight is 450 g/mol. The molecule has 1 aliphatic carbocycles. The van der Waals surface area contributed by atoms with E-state index in [2.05, 4.69) is 25.2 Å². The number of rotatable bonds is 5. The number of hydrogen-bond donors (Lipinski definition) is 1. The van der Waals surface area contributed by atoms with Gasteiger partial charge in [0.1, 0.15) is 5.78 Å². The Balaban J connectivity index is 1.68. The Bertz CT molecular complexity index is 1100. The number of carbonyl (C=O) groups is 2. The first-order valence-corrected chi connectivity index (χ1v) is 11.3. The molecule has 5 heteroatoms. The molecule has 0 saturated heterocycles. The molecule has 0 aromatic heterocycles. The first-order chi connectivity index (χ1) is 15.2. The first-order valence-electron chi connectivity index (χ1n) is 10.9. The highest BCUT2D eigenvalue weighted by Crippen LogP contribution is 2.47. The monoisotopic (exact) mass is 449 g/mol. The third-order valence-corrected chi connectivity index (χ3v) is 6.37. The average Bonchev–Trinajstić information content (AvgIpc) is 2.72. The minimum absolute atomic E-state index is 0.118. The van der Waals surface area contributed by atoms with Crippen molar-refractivity contribution in [3.8, 4) is 0 Å². The van der Waals surface area contributed by atoms with Gasteiger partial charge in [0.15, 0.2) is 0 Å². The molecule has 0 saturated carbocycles. The third-order valence-electron chi connectivity index (χ3n) is 6.13. The molecular weight excluding hydrogens is 422 g/mol. The summed E-state index contributed by atoms with van der Waals surface area (Å²) in [5.41, 5.74) is 3.78. The number of nitrogens with one attached hydrogen (secondary N) is 1. The van der Waals surface area contributed by atoms with Crippen LogP contribution in [-0.2, 0) is 20.7 Å². The Morgan fingerprint density at radius 2 is 1.88 bits per heavy atom. The highest BCUT2D eigenvalue weighted by Gasteiger charge is 2.46. The van der Waals surface area contributed by atoms with Gasteiger partial charge in [0.05, 0.1) is 18.1 Å². The van der Waals surface area contributed by atoms with Crippen LogP contribution in [0.25, 0.3) is 0 Å². The molecule has 2 aromatic carbocycles. The lowest BCUT2D eigenvalue weighted by Crippen LogP contribution is -2.43. The Morgan fingerprint density at radius 3 is 2.59 bits per heavy atom. The number of hydrogen-bond acceptors (Lipinski definition) is 4. The summed E-state index contributed by atoms with van der Waals surface area (Å²) in [6.45, 7) is 6.25. The topological polar surface area (TPSA) is 55.4 Å². The Kier molecular flexibility index (Phi) is 6.25. The van der Waals surface area contributed by atoms with Crippen molar-refractivity contribution in [2.45, 2.75) is 39.5 Å². The number of esters is 1. The number of ether oxygens (including phenoxy) is 1. The molecule has 1 heterocycles. The Hall–Kier alpha value is -2.85. The van der Waals surface area contributed by atoms with Crippen LogP contribution < -0.4 is 5.32 Å². The minimum Gasteiger partial charge on any atom is -0.462 e. The van der Waals surface area contributed by atoms with Crippen molar-refractivity contribution in [2.75, 3.05) is 6.61 Å². The molecule has 32 heavy (non-hydrogen) atoms. The summed E-state index contributed by atoms with van der Waals surface area (Å²) >= 11 is 6.29. The highest BCUT2D eigenvalue weighted by atomic mass is 35.5. The zero-order valence-electron chi connectivity index (χ0n) is 18.7. The van der Waals surface area contributed by atoms with Crippen LogP contribution in [0.4, 0.5) is 0 Å². The molecule has 2 aliphatic rings. The zero-order chi connectivity index (χ0) is 22.9. The summed E-state index contributed by atoms with van der Waals surface area (Å²) in [6, 6.07) is 17.3. The van der Waals surface area contributed by atoms with Gasteiger partial charge in [0, 0.05) is 35.2 Å². The molecule has 1 aliphatic heterocycles. The van der Waals surface area contributed by atoms with Gasteiger partial charge in [-0.1, -0.05) is 74.0 Å². The fraction of sp³-hybridized carbons (Fsp3) is 0.333. The van der Waals surface area contributed by atoms with E-state index in [4.69, 9.17) is 16.3 Å². The van der Waals surface area contributed by atoms with Crippen LogP contribution in [0.3, 0.4) is 0 Å². The lowest BCUT2D eigenvalue weighted by molar-refractivity contribution is -0.139. The maximum Gasteiger partial charge on any atom is 0.336 e. The first kappa shape index (κ1) is 22.3. The quantitative estimate of drug-likeness (QED) is 0.605. The van der Waals surface area contributed by atoms with Crippen molar-refractivity contribution >= 4 is 23.4 Å². The smallest absolute Gasteiger partial charge is 0.336 e. The predicted molar refractivity (Wildman–Crippen MR) is 126 cm³/mol. The summed E-state index contributed by atoms with van der Waals surface area (Å²) in [5.74, 6) is -1.17. The van der Waals surface area contributed by atoms with Crippen molar-refractivity contribution in [1.29, 1.82) is 0 Å². The van der Waals surface area contributed by atoms with Gasteiger partial charge in [-0.15, -0.1) is 0 Å². The van der Waals surface area contributed by atoms with Gasteiger partial charge < -0.3 is 10.1 Å². The van der Waals surface area contributed by atoms with Gasteiger partial charge in [-0.05, 0) is 35.6 Å². The molecule has 0 radical (unpaired) electrons. The van der Waals surface area contributed by atoms with Gasteiger partial charge >= 0.3 is 5.97 Å². The van der Waals surface area contributed by atoms with Crippen LogP contribution in [0.1, 0.15) is 44.2 Å². The van der Waals surface area contributed by atoms with E-state index in [0.717, 1.165) is 16.8 Å². The fourth-order valence-corrected chi connectivity index (χ4v) is 4.98. The number of carbonyl (C=O) groups excluding carboxylic acids is 2. The summed E-state index contributed by atoms with van der Waals surface area (Å²) in [6.07, 6.45) is 3.18. The summed E-state index contributed by atoms with van der Waals surface area (Å²) in [7, 11) is 0. The maximum absolute atomic E-state index is 13.3. The van der Waals surface area contributed by atoms with Crippen LogP contribution in [-0.4, -0.2) is 18.4 Å². The van der Waals surface area contributed by atoms with Crippen molar-refractivity contribution < 1.29 is 14.3 Å². The number of ketones is 1. The number of allylic oxidation sites excluding steroid dienone is 3. The van der Waals surface area contributed by atoms with E-state index < -0.39 is 17.8 Å². The van der Waals surface area contributed by atoms with Crippen molar-refractivity contribution in [1.82, 2.24) is 5.32 Å². The minimum atomic E-state index is -0.457. The van der Waals surface area contributed by atoms with Gasteiger partial charge in [0.25, 0.3) is 0 Å². The predicted octanol–water partition coefficient (Wildman–Crippen LogP) is 5.59. The summed E-state index contributed by atoms with van der Waals surface area (Å²) in [4.78, 5) is 26.6. The van der Waals surface area contributed by atoms with Crippen LogP contribution in [0, 0.1) is 11.3 Å². The standard InChI is InChI=1S/C27H28ClNO3/c1-17-23(26(31)32-13-12-18-8-5-4-6-9-18)24(19-10-7-11-20(28)14-19)25-21(29-17)15-27(2,3)16-22(25)30/h4-11,14-15,24-25,29H,12-13,16H2,1-3H3. The van der Waals surface area contributed by atoms with Gasteiger partial charge in [-0.25, -0.2) is 4.79 Å². The number of fused-ring (bicyclic) bond motifs is 1. The zero-order valence-corrected chi connectivity index (χ0v) is 19.4. The van der Waals surface area contributed by atoms with Crippen LogP contribution >= 0.6 is 11.6 Å². The lowest BCUT2D eigenvalue weighted by Gasteiger charge is -2.41. The molecule has 4 rings (SSSR count). The number of halogens is 1. The van der Waals surface area contributed by atoms with E-state index in [1.54, 1.807) is 6.07 Å². The Morgan fingerprint density at radius 1 is 1.12 bits per heavy atom. The second-order valence-electron chi connectivity index (χ2n) is 9.28. The van der Waals surface area contributed by atoms with Crippen molar-refractivity contribution in [2.24, 2.45) is 11.3 Å². The second kappa shape index (κ2) is 8.95. The number of benzene rings is 2. The molecule has 0 spiro atoms. The van der Waals surface area contributed by atoms with E-state index >= 15 is 0 Å². The van der Waals surface area contributed by atoms with Crippen LogP contribution in [0.2, 0.25) is 5.02 Å². The molecule has 2 aromatic rings. The largest absolute Gasteiger partial charge is 0.462 e. The lowest BCUT2D eigenvalue weighted by atomic mass is 9.66. The van der Waals surface area contributed by atoms with Crippen molar-refractivity contribution in [3.05, 3.63) is 93.8 Å². The van der Waals surface area contributed by atoms with Gasteiger partial charge in [0.2, 0.25) is 0 Å². The molecule has 0 amide bonds. The number of Topliss-reactive ketones (excluding diaryl/α,β-unsaturated/α-hetero) is 1. The van der Waals surface area contributed by atoms with E-state index in [0.29, 0.717) is 29.1 Å². The van der Waals surface area contributed by atoms with E-state index in [-0.39, 0.29) is 17.8 Å². The van der Waals surface area contributed by atoms with Gasteiger partial charge in [-0.3, -0.25) is 4.79 Å². The highest BCUT2D eigenvalue weighted by molar-refractivity contribution is 6.30. The van der Waals surface area contributed by atoms with Crippen LogP contribution in [0.15, 0.2) is 77.6 Å². The van der Waals surface area contributed by atoms with E-state index in [9.17, 15) is 9.59 Å². The third kappa shape index (κ3) is 4.66. The molecule has 2 unspecified atom stereocenters. The van der Waals surface area contributed by atoms with Gasteiger partial charge in [-0.2, -0.15) is 0 Å². The molecule has 2 atom stereocenters. The summed E-state index contributed by atoms with van der Waals surface area (Å²) < 4.78 is 5.69. The molecule has 4 nitrogen and oxygen atoms in total.